The van der Waals surface area contributed by atoms with Gasteiger partial charge in [0.05, 0.1) is 12.2 Å². The van der Waals surface area contributed by atoms with Gasteiger partial charge >= 0.3 is 0 Å². The van der Waals surface area contributed by atoms with E-state index >= 15 is 0 Å². The summed E-state index contributed by atoms with van der Waals surface area (Å²) in [6.07, 6.45) is 3.23. The Morgan fingerprint density at radius 2 is 2.04 bits per heavy atom. The number of nitrogens with zero attached hydrogens (tertiary/aromatic N) is 2. The number of anilines is 1. The molecule has 7 heteroatoms. The third kappa shape index (κ3) is 3.84. The summed E-state index contributed by atoms with van der Waals surface area (Å²) in [6.45, 7) is 2.67. The Morgan fingerprint density at radius 3 is 2.84 bits per heavy atom. The fraction of sp³-hybridized carbons (Fsp3) is 0.444. The lowest BCUT2D eigenvalue weighted by Gasteiger charge is -2.12. The molecule has 2 fully saturated rings. The molecule has 2 aromatic rings. The monoisotopic (exact) mass is 357 g/mol. The Labute approximate surface area is 151 Å². The van der Waals surface area contributed by atoms with Crippen molar-refractivity contribution in [2.24, 2.45) is 0 Å². The van der Waals surface area contributed by atoms with Crippen molar-refractivity contribution in [3.05, 3.63) is 47.0 Å². The van der Waals surface area contributed by atoms with E-state index in [-0.39, 0.29) is 18.0 Å². The fourth-order valence-corrected chi connectivity index (χ4v) is 4.24. The summed E-state index contributed by atoms with van der Waals surface area (Å²) < 4.78 is 0. The lowest BCUT2D eigenvalue weighted by molar-refractivity contribution is -0.123. The quantitative estimate of drug-likeness (QED) is 0.763. The summed E-state index contributed by atoms with van der Waals surface area (Å²) in [7, 11) is 0. The first kappa shape index (κ1) is 16.5. The molecule has 2 aliphatic heterocycles. The van der Waals surface area contributed by atoms with Gasteiger partial charge in [0.2, 0.25) is 5.91 Å². The van der Waals surface area contributed by atoms with E-state index < -0.39 is 0 Å². The van der Waals surface area contributed by atoms with Crippen LogP contribution >= 0.6 is 11.3 Å². The van der Waals surface area contributed by atoms with Crippen LogP contribution in [-0.4, -0.2) is 30.0 Å². The van der Waals surface area contributed by atoms with Crippen LogP contribution in [0.1, 0.15) is 36.6 Å². The van der Waals surface area contributed by atoms with Gasteiger partial charge in [-0.15, -0.1) is 11.3 Å². The van der Waals surface area contributed by atoms with E-state index in [1.807, 2.05) is 23.6 Å². The minimum absolute atomic E-state index is 0.0154. The fourth-order valence-electron chi connectivity index (χ4n) is 3.36. The van der Waals surface area contributed by atoms with E-state index in [0.29, 0.717) is 6.54 Å². The molecule has 0 saturated carbocycles. The molecule has 2 atom stereocenters. The van der Waals surface area contributed by atoms with Crippen LogP contribution in [0.3, 0.4) is 0 Å². The molecule has 2 unspecified atom stereocenters. The number of hydrogen-bond acceptors (Lipinski definition) is 6. The maximum Gasteiger partial charge on any atom is 0.238 e. The number of carbonyl (C=O) groups excluding carboxylic acids is 1. The van der Waals surface area contributed by atoms with Crippen LogP contribution in [0.2, 0.25) is 0 Å². The third-order valence-electron chi connectivity index (χ3n) is 4.78. The highest BCUT2D eigenvalue weighted by molar-refractivity contribution is 7.13. The molecule has 3 heterocycles. The van der Waals surface area contributed by atoms with Gasteiger partial charge in [-0.05, 0) is 24.8 Å². The summed E-state index contributed by atoms with van der Waals surface area (Å²) in [6, 6.07) is 10.1. The minimum atomic E-state index is -0.220. The highest BCUT2D eigenvalue weighted by Gasteiger charge is 2.29. The maximum absolute atomic E-state index is 12.4. The number of carbonyl (C=O) groups is 1. The van der Waals surface area contributed by atoms with Crippen LogP contribution in [-0.2, 0) is 11.3 Å². The summed E-state index contributed by atoms with van der Waals surface area (Å²) >= 11 is 1.66. The number of hydrogen-bond donors (Lipinski definition) is 3. The van der Waals surface area contributed by atoms with Crippen molar-refractivity contribution in [2.75, 3.05) is 18.0 Å². The van der Waals surface area contributed by atoms with Gasteiger partial charge in [-0.2, -0.15) is 0 Å². The van der Waals surface area contributed by atoms with Crippen LogP contribution in [0, 0.1) is 0 Å². The number of hydrazine groups is 1. The molecule has 0 aliphatic carbocycles. The largest absolute Gasteiger partial charge is 0.349 e. The van der Waals surface area contributed by atoms with Crippen LogP contribution in [0.15, 0.2) is 35.7 Å². The van der Waals surface area contributed by atoms with Gasteiger partial charge in [-0.1, -0.05) is 30.3 Å². The zero-order valence-corrected chi connectivity index (χ0v) is 14.9. The van der Waals surface area contributed by atoms with Crippen molar-refractivity contribution in [1.29, 1.82) is 0 Å². The van der Waals surface area contributed by atoms with Crippen molar-refractivity contribution in [3.63, 3.8) is 0 Å². The van der Waals surface area contributed by atoms with Gasteiger partial charge in [-0.25, -0.2) is 15.8 Å². The maximum atomic E-state index is 12.4. The van der Waals surface area contributed by atoms with Crippen molar-refractivity contribution in [1.82, 2.24) is 21.2 Å². The summed E-state index contributed by atoms with van der Waals surface area (Å²) in [5, 5.41) is 6.12. The summed E-state index contributed by atoms with van der Waals surface area (Å²) in [4.78, 5) is 19.4. The van der Waals surface area contributed by atoms with Gasteiger partial charge in [0.25, 0.3) is 0 Å². The second kappa shape index (κ2) is 7.51. The smallest absolute Gasteiger partial charge is 0.238 e. The van der Waals surface area contributed by atoms with E-state index in [4.69, 9.17) is 0 Å². The van der Waals surface area contributed by atoms with E-state index in [0.717, 1.165) is 30.3 Å². The molecule has 0 spiro atoms. The zero-order chi connectivity index (χ0) is 17.1. The molecule has 2 saturated heterocycles. The number of nitrogens with one attached hydrogen (secondary N) is 3. The Morgan fingerprint density at radius 1 is 1.24 bits per heavy atom. The predicted octanol–water partition coefficient (Wildman–Crippen LogP) is 1.97. The van der Waals surface area contributed by atoms with Gasteiger partial charge in [0.15, 0.2) is 5.13 Å². The van der Waals surface area contributed by atoms with Crippen molar-refractivity contribution >= 4 is 22.4 Å². The molecular weight excluding hydrogens is 334 g/mol. The normalized spacial score (nSPS) is 23.1. The number of aromatic nitrogens is 1. The molecule has 2 aliphatic rings. The van der Waals surface area contributed by atoms with Gasteiger partial charge in [0.1, 0.15) is 6.04 Å². The van der Waals surface area contributed by atoms with Crippen molar-refractivity contribution < 1.29 is 4.79 Å². The first-order valence-corrected chi connectivity index (χ1v) is 9.70. The minimum Gasteiger partial charge on any atom is -0.349 e. The van der Waals surface area contributed by atoms with Gasteiger partial charge in [-0.3, -0.25) is 4.79 Å². The standard InChI is InChI=1S/C18H23N5OS/c24-17(16-10-15(21-22-16)13-6-2-1-3-7-13)19-11-14-12-25-18(20-14)23-8-4-5-9-23/h1-3,6-7,12,15-16,21-22H,4-5,8-11H2,(H,19,24). The highest BCUT2D eigenvalue weighted by Crippen LogP contribution is 2.25. The number of rotatable bonds is 5. The van der Waals surface area contributed by atoms with Gasteiger partial charge in [0, 0.05) is 24.5 Å². The highest BCUT2D eigenvalue weighted by atomic mass is 32.1. The molecule has 1 amide bonds. The van der Waals surface area contributed by atoms with Crippen LogP contribution in [0.25, 0.3) is 0 Å². The summed E-state index contributed by atoms with van der Waals surface area (Å²) in [5.41, 5.74) is 8.45. The molecule has 4 rings (SSSR count). The molecule has 25 heavy (non-hydrogen) atoms. The van der Waals surface area contributed by atoms with E-state index in [9.17, 15) is 4.79 Å². The lowest BCUT2D eigenvalue weighted by Crippen LogP contribution is -2.42. The molecule has 0 bridgehead atoms. The zero-order valence-electron chi connectivity index (χ0n) is 14.1. The Bertz CT molecular complexity index is 713. The lowest BCUT2D eigenvalue weighted by atomic mass is 10.0. The molecule has 3 N–H and O–H groups in total. The Balaban J connectivity index is 1.28. The average Bonchev–Trinajstić information content (AvgIpc) is 3.41. The number of amides is 1. The van der Waals surface area contributed by atoms with Crippen molar-refractivity contribution in [3.8, 4) is 0 Å². The number of benzene rings is 1. The third-order valence-corrected chi connectivity index (χ3v) is 5.73. The Kier molecular flexibility index (Phi) is 4.96. The van der Waals surface area contributed by atoms with E-state index in [2.05, 4.69) is 38.2 Å². The topological polar surface area (TPSA) is 69.3 Å². The predicted molar refractivity (Wildman–Crippen MR) is 99.3 cm³/mol. The van der Waals surface area contributed by atoms with Crippen molar-refractivity contribution in [2.45, 2.75) is 37.9 Å². The first-order valence-electron chi connectivity index (χ1n) is 8.82. The Hall–Kier alpha value is -1.96. The second-order valence-electron chi connectivity index (χ2n) is 6.57. The second-order valence-corrected chi connectivity index (χ2v) is 7.41. The summed E-state index contributed by atoms with van der Waals surface area (Å²) in [5.74, 6) is 0.0154. The van der Waals surface area contributed by atoms with Gasteiger partial charge < -0.3 is 10.2 Å². The van der Waals surface area contributed by atoms with Crippen LogP contribution in [0.4, 0.5) is 5.13 Å². The molecular formula is C18H23N5OS. The molecule has 132 valence electrons. The molecule has 0 radical (unpaired) electrons. The molecule has 1 aromatic carbocycles. The van der Waals surface area contributed by atoms with E-state index in [1.165, 1.54) is 18.4 Å². The molecule has 6 nitrogen and oxygen atoms in total. The first-order chi connectivity index (χ1) is 12.3. The van der Waals surface area contributed by atoms with Crippen LogP contribution < -0.4 is 21.1 Å². The van der Waals surface area contributed by atoms with E-state index in [1.54, 1.807) is 11.3 Å². The van der Waals surface area contributed by atoms with Crippen LogP contribution in [0.5, 0.6) is 0 Å². The average molecular weight is 357 g/mol. The number of thiazole rings is 1. The SMILES string of the molecule is O=C(NCc1csc(N2CCCC2)n1)C1CC(c2ccccc2)NN1. The molecule has 1 aromatic heterocycles.